The second-order valence-corrected chi connectivity index (χ2v) is 17.4. The minimum Gasteiger partial charge on any atom is -0.309 e. The van der Waals surface area contributed by atoms with Gasteiger partial charge in [-0.05, 0) is 87.4 Å². The van der Waals surface area contributed by atoms with E-state index in [4.69, 9.17) is 9.97 Å². The lowest BCUT2D eigenvalue weighted by atomic mass is 9.97. The first-order chi connectivity index (χ1) is 33.7. The molecule has 0 N–H and O–H groups in total. The molecule has 0 saturated heterocycles. The monoisotopic (exact) mass is 866 g/mol. The van der Waals surface area contributed by atoms with E-state index in [1.54, 1.807) is 0 Å². The van der Waals surface area contributed by atoms with E-state index in [1.807, 2.05) is 12.1 Å². The molecule has 68 heavy (non-hydrogen) atoms. The molecule has 13 rings (SSSR count). The molecule has 0 spiro atoms. The van der Waals surface area contributed by atoms with Gasteiger partial charge in [-0.3, -0.25) is 0 Å². The zero-order chi connectivity index (χ0) is 45.0. The van der Waals surface area contributed by atoms with Gasteiger partial charge in [0.25, 0.3) is 0 Å². The van der Waals surface area contributed by atoms with E-state index in [2.05, 4.69) is 252 Å². The van der Waals surface area contributed by atoms with Gasteiger partial charge in [-0.2, -0.15) is 0 Å². The molecule has 4 nitrogen and oxygen atoms in total. The fourth-order valence-corrected chi connectivity index (χ4v) is 10.1. The molecule has 0 aliphatic rings. The van der Waals surface area contributed by atoms with Crippen molar-refractivity contribution in [2.45, 2.75) is 0 Å². The Morgan fingerprint density at radius 3 is 1.72 bits per heavy atom. The minimum absolute atomic E-state index is 0.703. The number of hydrogen-bond donors (Lipinski definition) is 0. The van der Waals surface area contributed by atoms with Crippen molar-refractivity contribution in [3.63, 3.8) is 0 Å². The van der Waals surface area contributed by atoms with Crippen LogP contribution < -0.4 is 4.90 Å². The highest BCUT2D eigenvalue weighted by Gasteiger charge is 2.21. The summed E-state index contributed by atoms with van der Waals surface area (Å²) in [6.07, 6.45) is 0. The van der Waals surface area contributed by atoms with E-state index in [0.29, 0.717) is 5.82 Å². The van der Waals surface area contributed by atoms with Gasteiger partial charge >= 0.3 is 0 Å². The zero-order valence-electron chi connectivity index (χ0n) is 37.0. The topological polar surface area (TPSA) is 34.0 Å². The summed E-state index contributed by atoms with van der Waals surface area (Å²) >= 11 is 0. The summed E-state index contributed by atoms with van der Waals surface area (Å²) in [5, 5.41) is 8.24. The Bertz CT molecular complexity index is 4020. The fraction of sp³-hybridized carbons (Fsp3) is 0. The van der Waals surface area contributed by atoms with Gasteiger partial charge in [0.05, 0.1) is 33.6 Å². The Morgan fingerprint density at radius 2 is 0.912 bits per heavy atom. The van der Waals surface area contributed by atoms with Crippen molar-refractivity contribution >= 4 is 71.3 Å². The molecule has 11 aromatic carbocycles. The number of anilines is 3. The normalized spacial score (nSPS) is 11.5. The van der Waals surface area contributed by atoms with E-state index in [0.717, 1.165) is 83.8 Å². The summed E-state index contributed by atoms with van der Waals surface area (Å²) in [6, 6.07) is 91.4. The van der Waals surface area contributed by atoms with Gasteiger partial charge in [0.2, 0.25) is 0 Å². The Morgan fingerprint density at radius 1 is 0.324 bits per heavy atom. The summed E-state index contributed by atoms with van der Waals surface area (Å²) < 4.78 is 2.39. The lowest BCUT2D eigenvalue weighted by molar-refractivity contribution is 1.18. The first-order valence-electron chi connectivity index (χ1n) is 23.1. The molecule has 0 unspecified atom stereocenters. The minimum atomic E-state index is 0.703. The number of rotatable bonds is 8. The maximum Gasteiger partial charge on any atom is 0.160 e. The molecule has 2 heterocycles. The first kappa shape index (κ1) is 39.3. The number of hydrogen-bond acceptors (Lipinski definition) is 3. The summed E-state index contributed by atoms with van der Waals surface area (Å²) in [7, 11) is 0. The lowest BCUT2D eigenvalue weighted by Gasteiger charge is -2.29. The van der Waals surface area contributed by atoms with Gasteiger partial charge in [0.15, 0.2) is 5.82 Å². The summed E-state index contributed by atoms with van der Waals surface area (Å²) in [5.41, 5.74) is 15.2. The van der Waals surface area contributed by atoms with Crippen LogP contribution in [0.1, 0.15) is 0 Å². The molecule has 0 amide bonds. The van der Waals surface area contributed by atoms with E-state index in [-0.39, 0.29) is 0 Å². The third-order valence-corrected chi connectivity index (χ3v) is 13.4. The van der Waals surface area contributed by atoms with Crippen LogP contribution in [0.2, 0.25) is 0 Å². The van der Waals surface area contributed by atoms with Crippen LogP contribution in [0, 0.1) is 0 Å². The fourth-order valence-electron chi connectivity index (χ4n) is 10.1. The number of benzene rings is 11. The third kappa shape index (κ3) is 6.78. The highest BCUT2D eigenvalue weighted by atomic mass is 15.1. The van der Waals surface area contributed by atoms with Crippen LogP contribution in [0.4, 0.5) is 17.1 Å². The summed E-state index contributed by atoms with van der Waals surface area (Å²) in [5.74, 6) is 0.703. The second kappa shape index (κ2) is 16.4. The molecule has 0 aliphatic carbocycles. The summed E-state index contributed by atoms with van der Waals surface area (Å²) in [6.45, 7) is 0. The smallest absolute Gasteiger partial charge is 0.160 e. The van der Waals surface area contributed by atoms with Gasteiger partial charge < -0.3 is 9.47 Å². The molecular weight excluding hydrogens is 825 g/mol. The van der Waals surface area contributed by atoms with Gasteiger partial charge in [-0.25, -0.2) is 9.97 Å². The number of nitrogens with zero attached hydrogens (tertiary/aromatic N) is 4. The highest BCUT2D eigenvalue weighted by Crippen LogP contribution is 2.45. The lowest BCUT2D eigenvalue weighted by Crippen LogP contribution is -2.11. The van der Waals surface area contributed by atoms with Crippen molar-refractivity contribution < 1.29 is 0 Å². The summed E-state index contributed by atoms with van der Waals surface area (Å²) in [4.78, 5) is 12.8. The number of para-hydroxylation sites is 3. The average molecular weight is 867 g/mol. The van der Waals surface area contributed by atoms with Crippen LogP contribution in [0.15, 0.2) is 255 Å². The van der Waals surface area contributed by atoms with Gasteiger partial charge in [0.1, 0.15) is 0 Å². The SMILES string of the molecule is c1ccc(-c2nc(-c3ccc4c5ccc(-c6ccc(-c7ccccc7N(c7ccc8ccccc8c7)c7cccc8ccccc78)cc6)cc5n(-c5ccccc5)c4c3)nc3ccccc23)cc1. The van der Waals surface area contributed by atoms with Crippen molar-refractivity contribution in [1.29, 1.82) is 0 Å². The van der Waals surface area contributed by atoms with Gasteiger partial charge in [-0.1, -0.05) is 200 Å². The quantitative estimate of drug-likeness (QED) is 0.153. The molecule has 0 atom stereocenters. The molecule has 13 aromatic rings. The van der Waals surface area contributed by atoms with E-state index >= 15 is 0 Å². The molecule has 0 saturated carbocycles. The first-order valence-corrected chi connectivity index (χ1v) is 23.1. The van der Waals surface area contributed by atoms with Crippen molar-refractivity contribution in [2.75, 3.05) is 4.90 Å². The molecule has 0 radical (unpaired) electrons. The molecule has 0 fully saturated rings. The standard InChI is InChI=1S/C64H42N4/c1-3-18-47(19-4-1)63-57-26-11-13-27-58(57)65-64(66-63)50-36-39-56-55-38-35-49(41-61(55)67(62(56)42-50)51-22-5-2-6-23-51)44-30-32-46(33-31-44)54-25-12-14-28-59(54)68(52-37-34-43-16-7-8-20-48(43)40-52)60-29-15-21-45-17-9-10-24-53(45)60/h1-42H. The highest BCUT2D eigenvalue weighted by molar-refractivity contribution is 6.11. The Balaban J connectivity index is 0.920. The van der Waals surface area contributed by atoms with Crippen LogP contribution in [0.5, 0.6) is 0 Å². The molecular formula is C64H42N4. The van der Waals surface area contributed by atoms with Crippen LogP contribution in [-0.2, 0) is 0 Å². The van der Waals surface area contributed by atoms with E-state index in [1.165, 1.54) is 32.3 Å². The number of fused-ring (bicyclic) bond motifs is 6. The Hall–Kier alpha value is -9.12. The van der Waals surface area contributed by atoms with Crippen LogP contribution in [-0.4, -0.2) is 14.5 Å². The van der Waals surface area contributed by atoms with Crippen molar-refractivity contribution in [3.05, 3.63) is 255 Å². The molecule has 4 heteroatoms. The molecule has 0 bridgehead atoms. The van der Waals surface area contributed by atoms with Crippen molar-refractivity contribution in [1.82, 2.24) is 14.5 Å². The maximum absolute atomic E-state index is 5.23. The maximum atomic E-state index is 5.23. The predicted octanol–water partition coefficient (Wildman–Crippen LogP) is 17.2. The number of aromatic nitrogens is 3. The molecule has 2 aromatic heterocycles. The van der Waals surface area contributed by atoms with E-state index < -0.39 is 0 Å². The predicted molar refractivity (Wildman–Crippen MR) is 285 cm³/mol. The van der Waals surface area contributed by atoms with Crippen LogP contribution in [0.3, 0.4) is 0 Å². The van der Waals surface area contributed by atoms with Crippen molar-refractivity contribution in [2.24, 2.45) is 0 Å². The Labute approximate surface area is 394 Å². The van der Waals surface area contributed by atoms with Gasteiger partial charge in [0, 0.05) is 49.6 Å². The van der Waals surface area contributed by atoms with Crippen LogP contribution >= 0.6 is 0 Å². The van der Waals surface area contributed by atoms with Crippen molar-refractivity contribution in [3.8, 4) is 50.6 Å². The van der Waals surface area contributed by atoms with E-state index in [9.17, 15) is 0 Å². The molecule has 318 valence electrons. The van der Waals surface area contributed by atoms with Crippen LogP contribution in [0.25, 0.3) is 105 Å². The average Bonchev–Trinajstić information content (AvgIpc) is 3.74. The van der Waals surface area contributed by atoms with Gasteiger partial charge in [-0.15, -0.1) is 0 Å². The molecule has 0 aliphatic heterocycles. The largest absolute Gasteiger partial charge is 0.309 e. The Kier molecular flexibility index (Phi) is 9.47. The second-order valence-electron chi connectivity index (χ2n) is 17.4. The zero-order valence-corrected chi connectivity index (χ0v) is 37.0. The third-order valence-electron chi connectivity index (χ3n) is 13.4.